The predicted molar refractivity (Wildman–Crippen MR) is 111 cm³/mol. The van der Waals surface area contributed by atoms with E-state index in [0.717, 1.165) is 57.7 Å². The molecule has 1 unspecified atom stereocenters. The van der Waals surface area contributed by atoms with Gasteiger partial charge in [0.15, 0.2) is 0 Å². The summed E-state index contributed by atoms with van der Waals surface area (Å²) in [4.78, 5) is 16.9. The largest absolute Gasteiger partial charge is 0.490 e. The van der Waals surface area contributed by atoms with E-state index in [2.05, 4.69) is 30.0 Å². The summed E-state index contributed by atoms with van der Waals surface area (Å²) in [5.41, 5.74) is 9.27. The molecule has 1 spiro atoms. The fourth-order valence-electron chi connectivity index (χ4n) is 5.06. The van der Waals surface area contributed by atoms with Gasteiger partial charge in [0.2, 0.25) is 0 Å². The fraction of sp³-hybridized carbons (Fsp3) is 0.609. The number of likely N-dealkylation sites (tertiary alicyclic amines) is 2. The van der Waals surface area contributed by atoms with Gasteiger partial charge in [0.05, 0.1) is 0 Å². The second-order valence-electron chi connectivity index (χ2n) is 8.96. The Bertz CT molecular complexity index is 755. The molecular weight excluding hydrogens is 350 g/mol. The lowest BCUT2D eigenvalue weighted by Gasteiger charge is -2.47. The van der Waals surface area contributed by atoms with E-state index in [1.807, 2.05) is 4.90 Å². The van der Waals surface area contributed by atoms with Crippen molar-refractivity contribution < 1.29 is 9.53 Å². The summed E-state index contributed by atoms with van der Waals surface area (Å²) in [7, 11) is 0. The first-order chi connectivity index (χ1) is 13.5. The number of rotatable bonds is 3. The first-order valence-corrected chi connectivity index (χ1v) is 10.7. The molecule has 3 aliphatic rings. The van der Waals surface area contributed by atoms with Crippen LogP contribution in [-0.2, 0) is 17.8 Å². The summed E-state index contributed by atoms with van der Waals surface area (Å²) < 4.78 is 6.07. The quantitative estimate of drug-likeness (QED) is 0.815. The predicted octanol–water partition coefficient (Wildman–Crippen LogP) is 3.08. The summed E-state index contributed by atoms with van der Waals surface area (Å²) in [6.07, 6.45) is 7.44. The van der Waals surface area contributed by atoms with E-state index in [1.54, 1.807) is 6.92 Å². The number of piperidine rings is 2. The van der Waals surface area contributed by atoms with Gasteiger partial charge in [-0.1, -0.05) is 18.2 Å². The standard InChI is InChI=1S/C23H33N3O2/c1-17(15-24)22(27)26-12-8-23(9-13-26)6-10-25(11-7-23)16-20-5-3-4-19-14-18(2)28-21(19)20/h3-5,15,18H,6-14,16,24H2,1-2H3/b17-15+. The van der Waals surface area contributed by atoms with Crippen LogP contribution in [-0.4, -0.2) is 48.0 Å². The van der Waals surface area contributed by atoms with Gasteiger partial charge in [0, 0.05) is 43.4 Å². The Morgan fingerprint density at radius 3 is 2.57 bits per heavy atom. The zero-order valence-electron chi connectivity index (χ0n) is 17.2. The van der Waals surface area contributed by atoms with Crippen LogP contribution >= 0.6 is 0 Å². The van der Waals surface area contributed by atoms with E-state index in [9.17, 15) is 4.79 Å². The maximum absolute atomic E-state index is 12.3. The molecule has 0 saturated carbocycles. The summed E-state index contributed by atoms with van der Waals surface area (Å²) in [5.74, 6) is 1.23. The third-order valence-corrected chi connectivity index (χ3v) is 7.01. The number of para-hydroxylation sites is 1. The number of amides is 1. The molecule has 0 radical (unpaired) electrons. The van der Waals surface area contributed by atoms with Crippen molar-refractivity contribution in [1.82, 2.24) is 9.80 Å². The third-order valence-electron chi connectivity index (χ3n) is 7.01. The minimum Gasteiger partial charge on any atom is -0.490 e. The lowest BCUT2D eigenvalue weighted by molar-refractivity contribution is -0.130. The molecule has 1 amide bonds. The van der Waals surface area contributed by atoms with Gasteiger partial charge in [-0.15, -0.1) is 0 Å². The van der Waals surface area contributed by atoms with Gasteiger partial charge in [0.1, 0.15) is 11.9 Å². The maximum Gasteiger partial charge on any atom is 0.250 e. The van der Waals surface area contributed by atoms with Crippen molar-refractivity contribution in [1.29, 1.82) is 0 Å². The number of fused-ring (bicyclic) bond motifs is 1. The second-order valence-corrected chi connectivity index (χ2v) is 8.96. The average molecular weight is 384 g/mol. The van der Waals surface area contributed by atoms with Crippen LogP contribution in [0.4, 0.5) is 0 Å². The van der Waals surface area contributed by atoms with E-state index in [-0.39, 0.29) is 5.91 Å². The van der Waals surface area contributed by atoms with Crippen molar-refractivity contribution in [3.8, 4) is 5.75 Å². The molecule has 0 bridgehead atoms. The Kier molecular flexibility index (Phi) is 5.37. The Morgan fingerprint density at radius 2 is 1.89 bits per heavy atom. The van der Waals surface area contributed by atoms with Gasteiger partial charge in [-0.25, -0.2) is 0 Å². The molecule has 152 valence electrons. The van der Waals surface area contributed by atoms with Crippen LogP contribution in [0.2, 0.25) is 0 Å². The molecule has 0 aromatic heterocycles. The molecule has 1 atom stereocenters. The smallest absolute Gasteiger partial charge is 0.250 e. The Labute approximate surface area is 168 Å². The Balaban J connectivity index is 1.32. The van der Waals surface area contributed by atoms with E-state index in [1.165, 1.54) is 30.2 Å². The molecule has 0 aliphatic carbocycles. The highest BCUT2D eigenvalue weighted by atomic mass is 16.5. The molecule has 1 aromatic rings. The van der Waals surface area contributed by atoms with Crippen molar-refractivity contribution >= 4 is 5.91 Å². The number of nitrogens with zero attached hydrogens (tertiary/aromatic N) is 2. The lowest BCUT2D eigenvalue weighted by atomic mass is 9.71. The molecule has 2 N–H and O–H groups in total. The first-order valence-electron chi connectivity index (χ1n) is 10.7. The Morgan fingerprint density at radius 1 is 1.21 bits per heavy atom. The van der Waals surface area contributed by atoms with Crippen LogP contribution in [0, 0.1) is 5.41 Å². The minimum absolute atomic E-state index is 0.0990. The van der Waals surface area contributed by atoms with Crippen LogP contribution in [0.25, 0.3) is 0 Å². The molecule has 4 rings (SSSR count). The van der Waals surface area contributed by atoms with E-state index < -0.39 is 0 Å². The average Bonchev–Trinajstić information content (AvgIpc) is 3.10. The van der Waals surface area contributed by atoms with E-state index in [4.69, 9.17) is 10.5 Å². The number of hydrogen-bond acceptors (Lipinski definition) is 4. The monoisotopic (exact) mass is 383 g/mol. The highest BCUT2D eigenvalue weighted by molar-refractivity contribution is 5.92. The zero-order chi connectivity index (χ0) is 19.7. The second kappa shape index (κ2) is 7.78. The fourth-order valence-corrected chi connectivity index (χ4v) is 5.06. The molecule has 3 heterocycles. The number of carbonyl (C=O) groups excluding carboxylic acids is 1. The van der Waals surface area contributed by atoms with Crippen LogP contribution < -0.4 is 10.5 Å². The first kappa shape index (κ1) is 19.3. The highest BCUT2D eigenvalue weighted by Gasteiger charge is 2.38. The van der Waals surface area contributed by atoms with Gasteiger partial charge in [-0.05, 0) is 63.6 Å². The van der Waals surface area contributed by atoms with Crippen molar-refractivity contribution in [2.45, 2.75) is 58.6 Å². The number of benzene rings is 1. The number of nitrogens with two attached hydrogens (primary N) is 1. The van der Waals surface area contributed by atoms with Crippen LogP contribution in [0.3, 0.4) is 0 Å². The number of hydrogen-bond donors (Lipinski definition) is 1. The van der Waals surface area contributed by atoms with Gasteiger partial charge >= 0.3 is 0 Å². The summed E-state index contributed by atoms with van der Waals surface area (Å²) in [6.45, 7) is 8.93. The number of ether oxygens (including phenoxy) is 1. The summed E-state index contributed by atoms with van der Waals surface area (Å²) in [6, 6.07) is 6.59. The molecular formula is C23H33N3O2. The van der Waals surface area contributed by atoms with Crippen molar-refractivity contribution in [2.75, 3.05) is 26.2 Å². The molecule has 28 heavy (non-hydrogen) atoms. The zero-order valence-corrected chi connectivity index (χ0v) is 17.2. The topological polar surface area (TPSA) is 58.8 Å². The normalized spacial score (nSPS) is 24.9. The molecule has 5 nitrogen and oxygen atoms in total. The van der Waals surface area contributed by atoms with Gasteiger partial charge in [-0.2, -0.15) is 0 Å². The molecule has 3 aliphatic heterocycles. The van der Waals surface area contributed by atoms with Crippen LogP contribution in [0.15, 0.2) is 30.0 Å². The molecule has 1 aromatic carbocycles. The Hall–Kier alpha value is -2.01. The van der Waals surface area contributed by atoms with Gasteiger partial charge in [-0.3, -0.25) is 9.69 Å². The van der Waals surface area contributed by atoms with Gasteiger partial charge in [0.25, 0.3) is 5.91 Å². The third kappa shape index (κ3) is 3.77. The minimum atomic E-state index is 0.0990. The van der Waals surface area contributed by atoms with Crippen molar-refractivity contribution in [2.24, 2.45) is 11.1 Å². The molecule has 2 saturated heterocycles. The maximum atomic E-state index is 12.3. The SMILES string of the molecule is C/C(=C\N)C(=O)N1CCC2(CCN(Cc3cccc4c3OC(C)C4)CC2)CC1. The number of carbonyl (C=O) groups is 1. The van der Waals surface area contributed by atoms with Crippen LogP contribution in [0.5, 0.6) is 5.75 Å². The van der Waals surface area contributed by atoms with Crippen molar-refractivity contribution in [3.05, 3.63) is 41.1 Å². The lowest BCUT2D eigenvalue weighted by Crippen LogP contribution is -2.48. The van der Waals surface area contributed by atoms with E-state index >= 15 is 0 Å². The summed E-state index contributed by atoms with van der Waals surface area (Å²) >= 11 is 0. The molecule has 5 heteroatoms. The summed E-state index contributed by atoms with van der Waals surface area (Å²) in [5, 5.41) is 0. The van der Waals surface area contributed by atoms with Gasteiger partial charge < -0.3 is 15.4 Å². The highest BCUT2D eigenvalue weighted by Crippen LogP contribution is 2.42. The van der Waals surface area contributed by atoms with E-state index in [0.29, 0.717) is 17.1 Å². The van der Waals surface area contributed by atoms with Crippen LogP contribution in [0.1, 0.15) is 50.7 Å². The molecule has 2 fully saturated rings. The van der Waals surface area contributed by atoms with Crippen molar-refractivity contribution in [3.63, 3.8) is 0 Å².